The molecule has 1 aliphatic rings. The van der Waals surface area contributed by atoms with Gasteiger partial charge in [-0.2, -0.15) is 0 Å². The Morgan fingerprint density at radius 2 is 1.90 bits per heavy atom. The van der Waals surface area contributed by atoms with E-state index >= 15 is 0 Å². The SMILES string of the molecule is CCOc1cc(CNC(=NC)NCc2ccc(N3CCCC3=O)cc2)ccn1.I. The van der Waals surface area contributed by atoms with Gasteiger partial charge >= 0.3 is 0 Å². The van der Waals surface area contributed by atoms with Crippen molar-refractivity contribution in [2.24, 2.45) is 4.99 Å². The summed E-state index contributed by atoms with van der Waals surface area (Å²) in [7, 11) is 1.75. The molecule has 1 fully saturated rings. The van der Waals surface area contributed by atoms with Crippen LogP contribution in [0.25, 0.3) is 0 Å². The zero-order chi connectivity index (χ0) is 19.8. The van der Waals surface area contributed by atoms with E-state index in [2.05, 4.69) is 20.6 Å². The lowest BCUT2D eigenvalue weighted by Gasteiger charge is -2.16. The fourth-order valence-electron chi connectivity index (χ4n) is 3.09. The molecule has 7 nitrogen and oxygen atoms in total. The number of ether oxygens (including phenoxy) is 1. The molecule has 2 heterocycles. The van der Waals surface area contributed by atoms with Crippen LogP contribution < -0.4 is 20.3 Å². The number of aliphatic imine (C=N–C) groups is 1. The normalized spacial score (nSPS) is 13.8. The predicted octanol–water partition coefficient (Wildman–Crippen LogP) is 3.09. The predicted molar refractivity (Wildman–Crippen MR) is 126 cm³/mol. The molecule has 3 rings (SSSR count). The fourth-order valence-corrected chi connectivity index (χ4v) is 3.09. The Morgan fingerprint density at radius 1 is 1.17 bits per heavy atom. The zero-order valence-electron chi connectivity index (χ0n) is 16.9. The topological polar surface area (TPSA) is 78.9 Å². The summed E-state index contributed by atoms with van der Waals surface area (Å²) >= 11 is 0. The van der Waals surface area contributed by atoms with Crippen LogP contribution in [0, 0.1) is 0 Å². The van der Waals surface area contributed by atoms with Gasteiger partial charge in [-0.15, -0.1) is 24.0 Å². The average molecular weight is 509 g/mol. The number of hydrogen-bond donors (Lipinski definition) is 2. The van der Waals surface area contributed by atoms with Crippen molar-refractivity contribution in [3.8, 4) is 5.88 Å². The van der Waals surface area contributed by atoms with E-state index < -0.39 is 0 Å². The number of amides is 1. The van der Waals surface area contributed by atoms with Crippen LogP contribution in [0.4, 0.5) is 5.69 Å². The lowest BCUT2D eigenvalue weighted by atomic mass is 10.2. The molecule has 0 saturated carbocycles. The summed E-state index contributed by atoms with van der Waals surface area (Å²) in [6, 6.07) is 11.9. The van der Waals surface area contributed by atoms with Gasteiger partial charge in [0.15, 0.2) is 5.96 Å². The van der Waals surface area contributed by atoms with Gasteiger partial charge in [0.05, 0.1) is 6.61 Å². The third kappa shape index (κ3) is 6.59. The van der Waals surface area contributed by atoms with Gasteiger partial charge in [0.1, 0.15) is 0 Å². The summed E-state index contributed by atoms with van der Waals surface area (Å²) in [5, 5.41) is 6.59. The minimum atomic E-state index is 0. The number of guanidine groups is 1. The summed E-state index contributed by atoms with van der Waals surface area (Å²) in [5.41, 5.74) is 3.17. The number of benzene rings is 1. The molecule has 8 heteroatoms. The molecule has 1 aromatic heterocycles. The van der Waals surface area contributed by atoms with Crippen LogP contribution in [0.1, 0.15) is 30.9 Å². The molecule has 0 unspecified atom stereocenters. The minimum Gasteiger partial charge on any atom is -0.478 e. The van der Waals surface area contributed by atoms with Gasteiger partial charge in [-0.1, -0.05) is 12.1 Å². The van der Waals surface area contributed by atoms with Gasteiger partial charge < -0.3 is 20.3 Å². The number of nitrogens with zero attached hydrogens (tertiary/aromatic N) is 3. The van der Waals surface area contributed by atoms with E-state index in [0.29, 0.717) is 38.0 Å². The van der Waals surface area contributed by atoms with Gasteiger partial charge in [-0.05, 0) is 42.7 Å². The second-order valence-corrected chi connectivity index (χ2v) is 6.53. The number of halogens is 1. The monoisotopic (exact) mass is 509 g/mol. The molecule has 156 valence electrons. The first-order valence-electron chi connectivity index (χ1n) is 9.61. The van der Waals surface area contributed by atoms with Crippen LogP contribution in [-0.4, -0.2) is 37.1 Å². The highest BCUT2D eigenvalue weighted by atomic mass is 127. The lowest BCUT2D eigenvalue weighted by molar-refractivity contribution is -0.117. The molecular formula is C21H28IN5O2. The number of hydrogen-bond acceptors (Lipinski definition) is 4. The first-order valence-corrected chi connectivity index (χ1v) is 9.61. The van der Waals surface area contributed by atoms with E-state index in [1.54, 1.807) is 13.2 Å². The van der Waals surface area contributed by atoms with Crippen molar-refractivity contribution in [2.45, 2.75) is 32.9 Å². The lowest BCUT2D eigenvalue weighted by Crippen LogP contribution is -2.36. The van der Waals surface area contributed by atoms with E-state index in [1.165, 1.54) is 0 Å². The molecule has 2 N–H and O–H groups in total. The van der Waals surface area contributed by atoms with Gasteiger partial charge in [0, 0.05) is 51.1 Å². The Hall–Kier alpha value is -2.36. The molecule has 1 saturated heterocycles. The van der Waals surface area contributed by atoms with Gasteiger partial charge in [0.25, 0.3) is 0 Å². The summed E-state index contributed by atoms with van der Waals surface area (Å²) in [6.45, 7) is 4.62. The standard InChI is InChI=1S/C21H27N5O2.HI/c1-3-28-19-13-17(10-11-23-19)15-25-21(22-2)24-14-16-6-8-18(9-7-16)26-12-4-5-20(26)27;/h6-11,13H,3-5,12,14-15H2,1-2H3,(H2,22,24,25);1H. The number of nitrogens with one attached hydrogen (secondary N) is 2. The van der Waals surface area contributed by atoms with Crippen LogP contribution in [0.5, 0.6) is 5.88 Å². The highest BCUT2D eigenvalue weighted by Crippen LogP contribution is 2.21. The van der Waals surface area contributed by atoms with Crippen molar-refractivity contribution in [1.29, 1.82) is 0 Å². The number of rotatable bonds is 7. The van der Waals surface area contributed by atoms with Crippen molar-refractivity contribution in [1.82, 2.24) is 15.6 Å². The minimum absolute atomic E-state index is 0. The quantitative estimate of drug-likeness (QED) is 0.341. The first-order chi connectivity index (χ1) is 13.7. The van der Waals surface area contributed by atoms with E-state index in [1.807, 2.05) is 48.2 Å². The maximum absolute atomic E-state index is 11.8. The average Bonchev–Trinajstić information content (AvgIpc) is 3.15. The number of carbonyl (C=O) groups is 1. The van der Waals surface area contributed by atoms with Crippen LogP contribution in [0.3, 0.4) is 0 Å². The molecule has 0 radical (unpaired) electrons. The molecule has 1 amide bonds. The molecule has 0 spiro atoms. The van der Waals surface area contributed by atoms with Gasteiger partial charge in [0.2, 0.25) is 11.8 Å². The van der Waals surface area contributed by atoms with Crippen LogP contribution in [0.2, 0.25) is 0 Å². The second kappa shape index (κ2) is 11.6. The molecule has 0 atom stereocenters. The largest absolute Gasteiger partial charge is 0.478 e. The maximum atomic E-state index is 11.8. The molecule has 0 aliphatic carbocycles. The Labute approximate surface area is 189 Å². The molecule has 1 aliphatic heterocycles. The Kier molecular flexibility index (Phi) is 9.17. The smallest absolute Gasteiger partial charge is 0.227 e. The van der Waals surface area contributed by atoms with Gasteiger partial charge in [-0.3, -0.25) is 9.79 Å². The maximum Gasteiger partial charge on any atom is 0.227 e. The number of pyridine rings is 1. The summed E-state index contributed by atoms with van der Waals surface area (Å²) in [5.74, 6) is 1.55. The third-order valence-corrected chi connectivity index (χ3v) is 4.56. The third-order valence-electron chi connectivity index (χ3n) is 4.56. The Balaban J connectivity index is 0.00000300. The van der Waals surface area contributed by atoms with Crippen LogP contribution in [0.15, 0.2) is 47.6 Å². The van der Waals surface area contributed by atoms with Crippen LogP contribution in [-0.2, 0) is 17.9 Å². The number of anilines is 1. The zero-order valence-corrected chi connectivity index (χ0v) is 19.2. The van der Waals surface area contributed by atoms with Crippen molar-refractivity contribution in [3.63, 3.8) is 0 Å². The number of aromatic nitrogens is 1. The van der Waals surface area contributed by atoms with Crippen molar-refractivity contribution < 1.29 is 9.53 Å². The summed E-state index contributed by atoms with van der Waals surface area (Å²) in [6.07, 6.45) is 3.33. The van der Waals surface area contributed by atoms with E-state index in [0.717, 1.165) is 29.8 Å². The first kappa shape index (κ1) is 22.9. The van der Waals surface area contributed by atoms with Gasteiger partial charge in [-0.25, -0.2) is 4.98 Å². The highest BCUT2D eigenvalue weighted by molar-refractivity contribution is 14.0. The second-order valence-electron chi connectivity index (χ2n) is 6.53. The van der Waals surface area contributed by atoms with Crippen LogP contribution >= 0.6 is 24.0 Å². The summed E-state index contributed by atoms with van der Waals surface area (Å²) < 4.78 is 5.43. The van der Waals surface area contributed by atoms with E-state index in [-0.39, 0.29) is 29.9 Å². The molecule has 2 aromatic rings. The van der Waals surface area contributed by atoms with Crippen molar-refractivity contribution in [3.05, 3.63) is 53.7 Å². The molecule has 0 bridgehead atoms. The van der Waals surface area contributed by atoms with E-state index in [9.17, 15) is 4.79 Å². The van der Waals surface area contributed by atoms with Crippen molar-refractivity contribution in [2.75, 3.05) is 25.1 Å². The van der Waals surface area contributed by atoms with Crippen molar-refractivity contribution >= 4 is 41.5 Å². The Bertz CT molecular complexity index is 826. The fraction of sp³-hybridized carbons (Fsp3) is 0.381. The highest BCUT2D eigenvalue weighted by Gasteiger charge is 2.21. The number of carbonyl (C=O) groups excluding carboxylic acids is 1. The molecular weight excluding hydrogens is 481 g/mol. The molecule has 1 aromatic carbocycles. The Morgan fingerprint density at radius 3 is 2.52 bits per heavy atom. The molecule has 29 heavy (non-hydrogen) atoms. The summed E-state index contributed by atoms with van der Waals surface area (Å²) in [4.78, 5) is 22.1. The van der Waals surface area contributed by atoms with E-state index in [4.69, 9.17) is 4.74 Å².